The molecule has 2 aromatic rings. The third-order valence-corrected chi connectivity index (χ3v) is 3.09. The highest BCUT2D eigenvalue weighted by molar-refractivity contribution is 5.66. The van der Waals surface area contributed by atoms with Crippen LogP contribution in [0.4, 0.5) is 14.6 Å². The maximum absolute atomic E-state index is 12.5. The zero-order valence-corrected chi connectivity index (χ0v) is 12.1. The molecule has 1 heterocycles. The minimum Gasteiger partial charge on any atom is -0.434 e. The molecule has 112 valence electrons. The van der Waals surface area contributed by atoms with Gasteiger partial charge in [-0.2, -0.15) is 8.78 Å². The van der Waals surface area contributed by atoms with Gasteiger partial charge in [0, 0.05) is 11.3 Å². The highest BCUT2D eigenvalue weighted by Gasteiger charge is 2.17. The second-order valence-corrected chi connectivity index (χ2v) is 4.96. The second kappa shape index (κ2) is 6.03. The molecular formula is C15H17F2N3O. The molecule has 1 aromatic carbocycles. The summed E-state index contributed by atoms with van der Waals surface area (Å²) in [6.07, 6.45) is 0. The number of benzene rings is 1. The molecule has 0 amide bonds. The fourth-order valence-electron chi connectivity index (χ4n) is 2.29. The molecule has 2 rings (SSSR count). The van der Waals surface area contributed by atoms with Gasteiger partial charge in [0.25, 0.3) is 0 Å². The molecule has 0 aliphatic heterocycles. The summed E-state index contributed by atoms with van der Waals surface area (Å²) in [4.78, 5) is 8.61. The van der Waals surface area contributed by atoms with Gasteiger partial charge in [0.1, 0.15) is 11.6 Å². The van der Waals surface area contributed by atoms with Crippen LogP contribution in [0.25, 0.3) is 11.4 Å². The molecule has 0 fully saturated rings. The van der Waals surface area contributed by atoms with E-state index in [4.69, 9.17) is 5.73 Å². The number of nitrogen functional groups attached to an aromatic ring is 1. The lowest BCUT2D eigenvalue weighted by Crippen LogP contribution is -2.08. The van der Waals surface area contributed by atoms with Crippen LogP contribution in [0.15, 0.2) is 24.3 Å². The molecule has 0 aliphatic carbocycles. The van der Waals surface area contributed by atoms with Crippen molar-refractivity contribution in [2.45, 2.75) is 33.3 Å². The summed E-state index contributed by atoms with van der Waals surface area (Å²) < 4.78 is 29.4. The Morgan fingerprint density at radius 1 is 1.14 bits per heavy atom. The molecular weight excluding hydrogens is 276 g/mol. The van der Waals surface area contributed by atoms with Crippen molar-refractivity contribution >= 4 is 5.82 Å². The Labute approximate surface area is 122 Å². The zero-order chi connectivity index (χ0) is 15.6. The van der Waals surface area contributed by atoms with Gasteiger partial charge in [-0.3, -0.25) is 0 Å². The van der Waals surface area contributed by atoms with Crippen LogP contribution in [-0.4, -0.2) is 16.6 Å². The van der Waals surface area contributed by atoms with Crippen molar-refractivity contribution in [3.8, 4) is 17.1 Å². The number of ether oxygens (including phenoxy) is 1. The molecule has 0 atom stereocenters. The van der Waals surface area contributed by atoms with Gasteiger partial charge in [-0.25, -0.2) is 9.97 Å². The van der Waals surface area contributed by atoms with Crippen molar-refractivity contribution < 1.29 is 13.5 Å². The molecule has 4 nitrogen and oxygen atoms in total. The summed E-state index contributed by atoms with van der Waals surface area (Å²) in [5.74, 6) is 0.861. The van der Waals surface area contributed by atoms with Crippen LogP contribution >= 0.6 is 0 Å². The molecule has 0 radical (unpaired) electrons. The van der Waals surface area contributed by atoms with E-state index < -0.39 is 6.61 Å². The van der Waals surface area contributed by atoms with Gasteiger partial charge in [-0.1, -0.05) is 26.0 Å². The van der Waals surface area contributed by atoms with Crippen molar-refractivity contribution in [2.75, 3.05) is 5.73 Å². The number of hydrogen-bond acceptors (Lipinski definition) is 4. The summed E-state index contributed by atoms with van der Waals surface area (Å²) in [5.41, 5.74) is 7.97. The van der Waals surface area contributed by atoms with Gasteiger partial charge < -0.3 is 10.5 Å². The van der Waals surface area contributed by atoms with Crippen molar-refractivity contribution in [3.05, 3.63) is 35.5 Å². The standard InChI is InChI=1S/C15H17F2N3O/c1-8(2)12-9(3)19-14(20-13(12)18)10-6-4-5-7-11(10)21-15(16)17/h4-8,15H,1-3H3,(H2,18,19,20). The highest BCUT2D eigenvalue weighted by Crippen LogP contribution is 2.31. The number of aromatic nitrogens is 2. The van der Waals surface area contributed by atoms with Crippen molar-refractivity contribution in [1.29, 1.82) is 0 Å². The topological polar surface area (TPSA) is 61.0 Å². The van der Waals surface area contributed by atoms with Crippen LogP contribution in [0.3, 0.4) is 0 Å². The summed E-state index contributed by atoms with van der Waals surface area (Å²) in [6, 6.07) is 6.40. The van der Waals surface area contributed by atoms with Crippen molar-refractivity contribution in [1.82, 2.24) is 9.97 Å². The van der Waals surface area contributed by atoms with E-state index in [0.717, 1.165) is 11.3 Å². The average molecular weight is 293 g/mol. The van der Waals surface area contributed by atoms with Crippen molar-refractivity contribution in [3.63, 3.8) is 0 Å². The second-order valence-electron chi connectivity index (χ2n) is 4.96. The van der Waals surface area contributed by atoms with Gasteiger partial charge in [0.2, 0.25) is 0 Å². The fraction of sp³-hybridized carbons (Fsp3) is 0.333. The molecule has 2 N–H and O–H groups in total. The minimum atomic E-state index is -2.90. The Kier molecular flexibility index (Phi) is 4.35. The van der Waals surface area contributed by atoms with Gasteiger partial charge in [-0.15, -0.1) is 0 Å². The summed E-state index contributed by atoms with van der Waals surface area (Å²) >= 11 is 0. The smallest absolute Gasteiger partial charge is 0.387 e. The van der Waals surface area contributed by atoms with Crippen LogP contribution in [-0.2, 0) is 0 Å². The molecule has 6 heteroatoms. The van der Waals surface area contributed by atoms with Crippen LogP contribution < -0.4 is 10.5 Å². The summed E-state index contributed by atoms with van der Waals surface area (Å²) in [7, 11) is 0. The van der Waals surface area contributed by atoms with E-state index in [1.165, 1.54) is 6.07 Å². The molecule has 0 aliphatic rings. The van der Waals surface area contributed by atoms with E-state index in [2.05, 4.69) is 14.7 Å². The number of nitrogens with two attached hydrogens (primary N) is 1. The van der Waals surface area contributed by atoms with E-state index in [0.29, 0.717) is 11.4 Å². The first-order valence-electron chi connectivity index (χ1n) is 6.58. The van der Waals surface area contributed by atoms with E-state index in [1.807, 2.05) is 20.8 Å². The van der Waals surface area contributed by atoms with Crippen LogP contribution in [0.2, 0.25) is 0 Å². The summed E-state index contributed by atoms with van der Waals surface area (Å²) in [6.45, 7) is 2.91. The van der Waals surface area contributed by atoms with Crippen LogP contribution in [0, 0.1) is 6.92 Å². The Hall–Kier alpha value is -2.24. The third-order valence-electron chi connectivity index (χ3n) is 3.09. The largest absolute Gasteiger partial charge is 0.434 e. The van der Waals surface area contributed by atoms with Gasteiger partial charge in [-0.05, 0) is 25.0 Å². The lowest BCUT2D eigenvalue weighted by Gasteiger charge is -2.15. The third kappa shape index (κ3) is 3.26. The first kappa shape index (κ1) is 15.2. The Morgan fingerprint density at radius 2 is 1.81 bits per heavy atom. The molecule has 1 aromatic heterocycles. The SMILES string of the molecule is Cc1nc(-c2ccccc2OC(F)F)nc(N)c1C(C)C. The molecule has 0 saturated carbocycles. The first-order valence-corrected chi connectivity index (χ1v) is 6.58. The molecule has 0 bridgehead atoms. The monoisotopic (exact) mass is 293 g/mol. The van der Waals surface area contributed by atoms with Gasteiger partial charge in [0.05, 0.1) is 5.56 Å². The maximum Gasteiger partial charge on any atom is 0.387 e. The van der Waals surface area contributed by atoms with Gasteiger partial charge >= 0.3 is 6.61 Å². The fourth-order valence-corrected chi connectivity index (χ4v) is 2.29. The Morgan fingerprint density at radius 3 is 2.38 bits per heavy atom. The number of alkyl halides is 2. The first-order chi connectivity index (χ1) is 9.90. The van der Waals surface area contributed by atoms with E-state index in [1.54, 1.807) is 18.2 Å². The van der Waals surface area contributed by atoms with Crippen LogP contribution in [0.5, 0.6) is 5.75 Å². The van der Waals surface area contributed by atoms with Crippen molar-refractivity contribution in [2.24, 2.45) is 0 Å². The quantitative estimate of drug-likeness (QED) is 0.932. The zero-order valence-electron chi connectivity index (χ0n) is 12.1. The Balaban J connectivity index is 2.53. The predicted octanol–water partition coefficient (Wildman–Crippen LogP) is 3.76. The number of para-hydroxylation sites is 1. The number of nitrogens with zero attached hydrogens (tertiary/aromatic N) is 2. The van der Waals surface area contributed by atoms with E-state index in [-0.39, 0.29) is 17.5 Å². The lowest BCUT2D eigenvalue weighted by atomic mass is 10.0. The molecule has 0 saturated heterocycles. The van der Waals surface area contributed by atoms with Gasteiger partial charge in [0.15, 0.2) is 5.82 Å². The lowest BCUT2D eigenvalue weighted by molar-refractivity contribution is -0.0494. The van der Waals surface area contributed by atoms with Crippen LogP contribution in [0.1, 0.15) is 31.0 Å². The normalized spacial score (nSPS) is 11.2. The number of anilines is 1. The highest BCUT2D eigenvalue weighted by atomic mass is 19.3. The number of aryl methyl sites for hydroxylation is 1. The minimum absolute atomic E-state index is 0.0311. The number of rotatable bonds is 4. The molecule has 21 heavy (non-hydrogen) atoms. The predicted molar refractivity (Wildman–Crippen MR) is 77.3 cm³/mol. The Bertz CT molecular complexity index is 622. The molecule has 0 unspecified atom stereocenters. The summed E-state index contributed by atoms with van der Waals surface area (Å²) in [5, 5.41) is 0. The average Bonchev–Trinajstić information content (AvgIpc) is 2.37. The van der Waals surface area contributed by atoms with E-state index >= 15 is 0 Å². The van der Waals surface area contributed by atoms with E-state index in [9.17, 15) is 8.78 Å². The molecule has 0 spiro atoms. The number of halogens is 2. The number of hydrogen-bond donors (Lipinski definition) is 1. The maximum atomic E-state index is 12.5.